The Kier molecular flexibility index (Phi) is 7.77. The van der Waals surface area contributed by atoms with Crippen LogP contribution in [-0.4, -0.2) is 82.9 Å². The SMILES string of the molecule is CCOC(=O)c1cc(C(=O)N2C[C@@H]3CCC[C@@H]3[C@H]2C(=O)N[C@@H](C[C@@H]2CCNC2=O)C(=O)CO)[nH]c1C. The molecule has 0 spiro atoms. The number of aliphatic hydroxyl groups is 1. The molecule has 2 saturated heterocycles. The Bertz CT molecular complexity index is 1050. The van der Waals surface area contributed by atoms with Crippen molar-refractivity contribution in [3.8, 4) is 0 Å². The van der Waals surface area contributed by atoms with Crippen LogP contribution in [0.15, 0.2) is 6.07 Å². The van der Waals surface area contributed by atoms with Gasteiger partial charge in [0.2, 0.25) is 11.8 Å². The number of aromatic amines is 1. The average Bonchev–Trinajstić information content (AvgIpc) is 3.62. The predicted octanol–water partition coefficient (Wildman–Crippen LogP) is 0.313. The van der Waals surface area contributed by atoms with E-state index in [1.54, 1.807) is 13.8 Å². The molecule has 3 fully saturated rings. The van der Waals surface area contributed by atoms with E-state index in [1.165, 1.54) is 11.0 Å². The summed E-state index contributed by atoms with van der Waals surface area (Å²) in [6.07, 6.45) is 3.30. The number of fused-ring (bicyclic) bond motifs is 1. The molecule has 1 aromatic rings. The topological polar surface area (TPSA) is 158 Å². The molecule has 1 aliphatic carbocycles. The summed E-state index contributed by atoms with van der Waals surface area (Å²) in [6, 6.07) is -0.349. The van der Waals surface area contributed by atoms with Crippen molar-refractivity contribution in [2.75, 3.05) is 26.3 Å². The van der Waals surface area contributed by atoms with Crippen molar-refractivity contribution in [2.45, 2.75) is 58.0 Å². The zero-order valence-corrected chi connectivity index (χ0v) is 20.7. The highest BCUT2D eigenvalue weighted by Gasteiger charge is 2.50. The number of aliphatic hydroxyl groups excluding tert-OH is 1. The molecule has 1 saturated carbocycles. The molecule has 0 aromatic carbocycles. The van der Waals surface area contributed by atoms with Crippen LogP contribution in [0.5, 0.6) is 0 Å². The van der Waals surface area contributed by atoms with E-state index < -0.39 is 48.2 Å². The molecular formula is C25H34N4O7. The lowest BCUT2D eigenvalue weighted by molar-refractivity contribution is -0.133. The van der Waals surface area contributed by atoms with Gasteiger partial charge in [0.1, 0.15) is 18.3 Å². The third-order valence-electron chi connectivity index (χ3n) is 7.70. The summed E-state index contributed by atoms with van der Waals surface area (Å²) in [6.45, 7) is 3.74. The van der Waals surface area contributed by atoms with Crippen LogP contribution in [0.25, 0.3) is 0 Å². The van der Waals surface area contributed by atoms with Crippen LogP contribution in [0.4, 0.5) is 0 Å². The molecule has 4 N–H and O–H groups in total. The number of likely N-dealkylation sites (tertiary alicyclic amines) is 1. The molecule has 196 valence electrons. The fourth-order valence-corrected chi connectivity index (χ4v) is 5.89. The molecule has 1 aromatic heterocycles. The van der Waals surface area contributed by atoms with E-state index >= 15 is 0 Å². The summed E-state index contributed by atoms with van der Waals surface area (Å²) in [5.74, 6) is -2.44. The molecule has 0 bridgehead atoms. The second-order valence-electron chi connectivity index (χ2n) is 9.90. The number of ether oxygens (including phenoxy) is 1. The average molecular weight is 503 g/mol. The van der Waals surface area contributed by atoms with Gasteiger partial charge in [-0.1, -0.05) is 6.42 Å². The number of H-pyrrole nitrogens is 1. The maximum atomic E-state index is 13.6. The summed E-state index contributed by atoms with van der Waals surface area (Å²) < 4.78 is 5.06. The van der Waals surface area contributed by atoms with Gasteiger partial charge in [0.25, 0.3) is 5.91 Å². The predicted molar refractivity (Wildman–Crippen MR) is 127 cm³/mol. The van der Waals surface area contributed by atoms with Gasteiger partial charge in [-0.25, -0.2) is 4.79 Å². The quantitative estimate of drug-likeness (QED) is 0.354. The van der Waals surface area contributed by atoms with E-state index in [0.717, 1.165) is 19.3 Å². The smallest absolute Gasteiger partial charge is 0.339 e. The summed E-state index contributed by atoms with van der Waals surface area (Å²) >= 11 is 0. The van der Waals surface area contributed by atoms with Crippen molar-refractivity contribution in [1.82, 2.24) is 20.5 Å². The number of nitrogens with one attached hydrogen (secondary N) is 3. The van der Waals surface area contributed by atoms with Crippen LogP contribution < -0.4 is 10.6 Å². The van der Waals surface area contributed by atoms with Gasteiger partial charge in [-0.3, -0.25) is 19.2 Å². The van der Waals surface area contributed by atoms with Crippen molar-refractivity contribution in [2.24, 2.45) is 17.8 Å². The number of hydrogen-bond donors (Lipinski definition) is 4. The van der Waals surface area contributed by atoms with Gasteiger partial charge in [-0.2, -0.15) is 0 Å². The molecule has 5 atom stereocenters. The minimum absolute atomic E-state index is 0.0470. The van der Waals surface area contributed by atoms with Gasteiger partial charge in [0.05, 0.1) is 18.2 Å². The lowest BCUT2D eigenvalue weighted by Gasteiger charge is -2.29. The van der Waals surface area contributed by atoms with Gasteiger partial charge < -0.3 is 30.4 Å². The molecule has 3 aliphatic rings. The minimum atomic E-state index is -1.02. The van der Waals surface area contributed by atoms with E-state index in [0.29, 0.717) is 25.2 Å². The number of nitrogens with zero attached hydrogens (tertiary/aromatic N) is 1. The number of amides is 3. The molecule has 4 rings (SSSR count). The number of esters is 1. The first-order chi connectivity index (χ1) is 17.2. The number of Topliss-reactive ketones (excluding diaryl/α,β-unsaturated/α-hetero) is 1. The highest BCUT2D eigenvalue weighted by atomic mass is 16.5. The lowest BCUT2D eigenvalue weighted by atomic mass is 9.92. The van der Waals surface area contributed by atoms with Crippen molar-refractivity contribution in [3.05, 3.63) is 23.0 Å². The van der Waals surface area contributed by atoms with E-state index in [-0.39, 0.29) is 42.0 Å². The molecular weight excluding hydrogens is 468 g/mol. The normalized spacial score (nSPS) is 25.9. The van der Waals surface area contributed by atoms with Crippen LogP contribution >= 0.6 is 0 Å². The zero-order valence-electron chi connectivity index (χ0n) is 20.7. The molecule has 11 nitrogen and oxygen atoms in total. The highest BCUT2D eigenvalue weighted by Crippen LogP contribution is 2.43. The highest BCUT2D eigenvalue weighted by molar-refractivity contribution is 6.01. The van der Waals surface area contributed by atoms with Crippen LogP contribution in [0, 0.1) is 24.7 Å². The third-order valence-corrected chi connectivity index (χ3v) is 7.70. The molecule has 3 amide bonds. The first-order valence-corrected chi connectivity index (χ1v) is 12.6. The number of rotatable bonds is 9. The number of carbonyl (C=O) groups excluding carboxylic acids is 5. The molecule has 3 heterocycles. The second-order valence-corrected chi connectivity index (χ2v) is 9.90. The summed E-state index contributed by atoms with van der Waals surface area (Å²) in [7, 11) is 0. The number of aromatic nitrogens is 1. The molecule has 2 aliphatic heterocycles. The first kappa shape index (κ1) is 25.9. The van der Waals surface area contributed by atoms with Gasteiger partial charge in [0.15, 0.2) is 5.78 Å². The van der Waals surface area contributed by atoms with Crippen LogP contribution in [0.3, 0.4) is 0 Å². The van der Waals surface area contributed by atoms with Crippen molar-refractivity contribution >= 4 is 29.5 Å². The minimum Gasteiger partial charge on any atom is -0.462 e. The monoisotopic (exact) mass is 502 g/mol. The maximum absolute atomic E-state index is 13.6. The number of carbonyl (C=O) groups is 5. The van der Waals surface area contributed by atoms with E-state index in [4.69, 9.17) is 4.74 Å². The number of ketones is 1. The Morgan fingerprint density at radius 1 is 1.25 bits per heavy atom. The Balaban J connectivity index is 1.55. The van der Waals surface area contributed by atoms with Crippen molar-refractivity contribution in [3.63, 3.8) is 0 Å². The maximum Gasteiger partial charge on any atom is 0.339 e. The fraction of sp³-hybridized carbons (Fsp3) is 0.640. The van der Waals surface area contributed by atoms with Gasteiger partial charge in [-0.15, -0.1) is 0 Å². The third kappa shape index (κ3) is 5.02. The largest absolute Gasteiger partial charge is 0.462 e. The lowest BCUT2D eigenvalue weighted by Crippen LogP contribution is -2.53. The summed E-state index contributed by atoms with van der Waals surface area (Å²) in [5.41, 5.74) is 0.962. The summed E-state index contributed by atoms with van der Waals surface area (Å²) in [5, 5.41) is 14.9. The van der Waals surface area contributed by atoms with E-state index in [2.05, 4.69) is 15.6 Å². The van der Waals surface area contributed by atoms with Gasteiger partial charge >= 0.3 is 5.97 Å². The molecule has 0 radical (unpaired) electrons. The number of aryl methyl sites for hydroxylation is 1. The van der Waals surface area contributed by atoms with E-state index in [1.807, 2.05) is 0 Å². The Hall–Kier alpha value is -3.21. The van der Waals surface area contributed by atoms with Crippen molar-refractivity contribution < 1.29 is 33.8 Å². The van der Waals surface area contributed by atoms with E-state index in [9.17, 15) is 29.1 Å². The molecule has 36 heavy (non-hydrogen) atoms. The van der Waals surface area contributed by atoms with Crippen LogP contribution in [0.2, 0.25) is 0 Å². The van der Waals surface area contributed by atoms with Crippen LogP contribution in [0.1, 0.15) is 65.6 Å². The Morgan fingerprint density at radius 3 is 2.69 bits per heavy atom. The molecule has 0 unspecified atom stereocenters. The fourth-order valence-electron chi connectivity index (χ4n) is 5.89. The Labute approximate surface area is 209 Å². The van der Waals surface area contributed by atoms with Gasteiger partial charge in [0, 0.05) is 24.7 Å². The standard InChI is InChI=1S/C25H34N4O7/c1-3-36-25(35)17-10-19(27-13(17)2)24(34)29-11-15-5-4-6-16(15)21(29)23(33)28-18(20(31)12-30)9-14-7-8-26-22(14)32/h10,14-16,18,21,27,30H,3-9,11-12H2,1-2H3,(H,26,32)(H,28,33)/t14-,15-,16-,18-,21-/m0/s1. The van der Waals surface area contributed by atoms with Gasteiger partial charge in [-0.05, 0) is 57.4 Å². The second kappa shape index (κ2) is 10.8. The number of hydrogen-bond acceptors (Lipinski definition) is 7. The first-order valence-electron chi connectivity index (χ1n) is 12.6. The summed E-state index contributed by atoms with van der Waals surface area (Å²) in [4.78, 5) is 68.3. The molecule has 11 heteroatoms. The van der Waals surface area contributed by atoms with Crippen molar-refractivity contribution in [1.29, 1.82) is 0 Å². The zero-order chi connectivity index (χ0) is 26.0. The van der Waals surface area contributed by atoms with Crippen LogP contribution in [-0.2, 0) is 19.1 Å². The Morgan fingerprint density at radius 2 is 2.03 bits per heavy atom.